The summed E-state index contributed by atoms with van der Waals surface area (Å²) < 4.78 is 35.9. The molecule has 0 fully saturated rings. The number of aryl methyl sites for hydroxylation is 6. The number of hydrogen-bond donors (Lipinski definition) is 10. The number of nitrogens with one attached hydrogen (secondary N) is 5. The molecule has 672 valence electrons. The number of nitrogens with two attached hydrogens (primary N) is 5. The van der Waals surface area contributed by atoms with E-state index in [2.05, 4.69) is 177 Å². The Morgan fingerprint density at radius 1 is 0.284 bits per heavy atom. The molecule has 22 rings (SSSR count). The van der Waals surface area contributed by atoms with Crippen LogP contribution in [0, 0.1) is 41.5 Å². The van der Waals surface area contributed by atoms with Crippen LogP contribution in [0.5, 0.6) is 0 Å². The van der Waals surface area contributed by atoms with Crippen LogP contribution in [-0.2, 0) is 65.4 Å². The molecule has 0 amide bonds. The van der Waals surface area contributed by atoms with Crippen molar-refractivity contribution in [1.82, 2.24) is 133 Å². The van der Waals surface area contributed by atoms with Crippen molar-refractivity contribution in [3.8, 4) is 0 Å². The van der Waals surface area contributed by atoms with Gasteiger partial charge in [0, 0.05) is 109 Å². The van der Waals surface area contributed by atoms with Gasteiger partial charge in [0.25, 0.3) is 0 Å². The largest absolute Gasteiger partial charge is 0.368 e. The minimum Gasteiger partial charge on any atom is -0.368 e. The molecule has 0 bridgehead atoms. The molecule has 134 heavy (non-hydrogen) atoms. The van der Waals surface area contributed by atoms with Crippen LogP contribution < -0.4 is 55.3 Å². The minimum absolute atomic E-state index is 0.208. The Bertz CT molecular complexity index is 7470. The number of benzene rings is 1. The highest BCUT2D eigenvalue weighted by atomic mass is 16.5. The highest BCUT2D eigenvalue weighted by molar-refractivity contribution is 5.92. The molecule has 0 spiro atoms. The number of rotatable bonds is 25. The molecule has 0 radical (unpaired) electrons. The van der Waals surface area contributed by atoms with Crippen molar-refractivity contribution in [3.05, 3.63) is 311 Å². The van der Waals surface area contributed by atoms with Crippen LogP contribution in [0.15, 0.2) is 242 Å². The number of fused-ring (bicyclic) bond motifs is 7. The van der Waals surface area contributed by atoms with Crippen molar-refractivity contribution < 1.29 is 22.6 Å². The third-order valence-corrected chi connectivity index (χ3v) is 21.0. The summed E-state index contributed by atoms with van der Waals surface area (Å²) in [5, 5.41) is 39.6. The van der Waals surface area contributed by atoms with Gasteiger partial charge in [-0.25, -0.2) is 44.9 Å². The van der Waals surface area contributed by atoms with E-state index in [9.17, 15) is 0 Å². The summed E-state index contributed by atoms with van der Waals surface area (Å²) in [4.78, 5) is 74.5. The summed E-state index contributed by atoms with van der Waals surface area (Å²) in [7, 11) is 0. The number of anilines is 10. The van der Waals surface area contributed by atoms with Gasteiger partial charge in [-0.05, 0) is 137 Å². The number of aromatic nitrogens is 27. The lowest BCUT2D eigenvalue weighted by Crippen LogP contribution is -2.09. The molecule has 0 saturated heterocycles. The van der Waals surface area contributed by atoms with Gasteiger partial charge in [-0.1, -0.05) is 62.2 Å². The number of hydrogen-bond acceptors (Lipinski definition) is 37. The zero-order chi connectivity index (χ0) is 92.1. The van der Waals surface area contributed by atoms with Gasteiger partial charge in [-0.3, -0.25) is 15.0 Å². The Morgan fingerprint density at radius 2 is 0.679 bits per heavy atom. The molecule has 21 heterocycles. The van der Waals surface area contributed by atoms with E-state index in [1.54, 1.807) is 37.1 Å². The third-order valence-electron chi connectivity index (χ3n) is 21.0. The third kappa shape index (κ3) is 20.8. The summed E-state index contributed by atoms with van der Waals surface area (Å²) in [5.74, 6) is 8.79. The number of nitrogens with zero attached hydrogens (tertiary/aromatic N) is 27. The molecule has 42 heteroatoms. The highest BCUT2D eigenvalue weighted by Crippen LogP contribution is 2.32. The van der Waals surface area contributed by atoms with Crippen molar-refractivity contribution in [3.63, 3.8) is 0 Å². The molecule has 0 aliphatic heterocycles. The van der Waals surface area contributed by atoms with Crippen LogP contribution in [0.3, 0.4) is 0 Å². The Morgan fingerprint density at radius 3 is 1.11 bits per heavy atom. The van der Waals surface area contributed by atoms with Crippen LogP contribution >= 0.6 is 0 Å². The maximum Gasteiger partial charge on any atom is 0.222 e. The van der Waals surface area contributed by atoms with Gasteiger partial charge in [0.15, 0.2) is 40.5 Å². The molecular weight excluding hydrogens is 1700 g/mol. The summed E-state index contributed by atoms with van der Waals surface area (Å²) in [6.07, 6.45) is 20.4. The van der Waals surface area contributed by atoms with Crippen LogP contribution in [0.4, 0.5) is 58.8 Å². The maximum atomic E-state index is 5.90. The quantitative estimate of drug-likeness (QED) is 0.0254. The Labute approximate surface area is 761 Å². The number of pyridine rings is 5. The molecule has 0 atom stereocenters. The zero-order valence-electron chi connectivity index (χ0n) is 73.4. The predicted molar refractivity (Wildman–Crippen MR) is 505 cm³/mol. The van der Waals surface area contributed by atoms with Crippen molar-refractivity contribution in [2.45, 2.75) is 107 Å². The monoisotopic (exact) mass is 1790 g/mol. The summed E-state index contributed by atoms with van der Waals surface area (Å²) in [6.45, 7) is 16.6. The van der Waals surface area contributed by atoms with Gasteiger partial charge in [-0.2, -0.15) is 24.9 Å². The predicted octanol–water partition coefficient (Wildman–Crippen LogP) is 13.2. The van der Waals surface area contributed by atoms with E-state index in [1.165, 1.54) is 0 Å². The molecule has 42 nitrogen and oxygen atoms in total. The summed E-state index contributed by atoms with van der Waals surface area (Å²) >= 11 is 0. The van der Waals surface area contributed by atoms with E-state index in [1.807, 2.05) is 207 Å². The first kappa shape index (κ1) is 86.5. The second-order valence-electron chi connectivity index (χ2n) is 31.1. The van der Waals surface area contributed by atoms with E-state index in [-0.39, 0.29) is 29.7 Å². The van der Waals surface area contributed by atoms with Gasteiger partial charge in [0.2, 0.25) is 29.7 Å². The van der Waals surface area contributed by atoms with Crippen LogP contribution in [0.1, 0.15) is 91.4 Å². The maximum absolute atomic E-state index is 5.90. The van der Waals surface area contributed by atoms with Gasteiger partial charge in [-0.15, -0.1) is 0 Å². The van der Waals surface area contributed by atoms with Crippen LogP contribution in [0.2, 0.25) is 0 Å². The molecule has 21 aromatic heterocycles. The Kier molecular flexibility index (Phi) is 25.2. The van der Waals surface area contributed by atoms with E-state index in [4.69, 9.17) is 51.3 Å². The van der Waals surface area contributed by atoms with Crippen molar-refractivity contribution in [2.24, 2.45) is 0 Å². The lowest BCUT2D eigenvalue weighted by molar-refractivity contribution is 0.384. The normalized spacial score (nSPS) is 11.2. The van der Waals surface area contributed by atoms with Gasteiger partial charge >= 0.3 is 0 Å². The van der Waals surface area contributed by atoms with Crippen molar-refractivity contribution in [1.29, 1.82) is 0 Å². The number of nitrogen functional groups attached to an aromatic ring is 5. The SMILES string of the molecule is Cc1cc(CNc2nc(N)nc3ccn(Cc4cc5ccccc5cn4)c23)no1.Cc1cc(CNc2nc(N)nc3ccn(Cc4ccc5cccnc5n4)c23)no1.Cc1cc(CNc2nc(N)nc3ccn(Cc4ccccn4)c23)on1.Cc1cc(CNc2nc(N)nc3ccn(Cc4ncccc4C)c23)no1.Cc1cc(CNc2nc(N)nc3ccn(Cc4ncccn4)c23)no1. The molecule has 0 aliphatic rings. The topological polar surface area (TPSA) is 564 Å². The first-order valence-electron chi connectivity index (χ1n) is 42.3. The van der Waals surface area contributed by atoms with Crippen LogP contribution in [0.25, 0.3) is 77.0 Å². The Balaban J connectivity index is 0.000000112. The fourth-order valence-electron chi connectivity index (χ4n) is 15.0. The summed E-state index contributed by atoms with van der Waals surface area (Å²) in [6, 6.07) is 48.8. The molecule has 0 aliphatic carbocycles. The first-order valence-corrected chi connectivity index (χ1v) is 42.3. The van der Waals surface area contributed by atoms with E-state index in [0.717, 1.165) is 163 Å². The average Bonchev–Trinajstić information content (AvgIpc) is 1.65. The molecule has 22 aromatic rings. The second-order valence-corrected chi connectivity index (χ2v) is 31.1. The fraction of sp³-hybridized carbons (Fsp3) is 0.174. The molecule has 15 N–H and O–H groups in total. The molecule has 0 saturated carbocycles. The van der Waals surface area contributed by atoms with E-state index >= 15 is 0 Å². The molecule has 1 aromatic carbocycles. The second kappa shape index (κ2) is 39.1. The lowest BCUT2D eigenvalue weighted by Gasteiger charge is -2.11. The first-order chi connectivity index (χ1) is 65.3. The van der Waals surface area contributed by atoms with Gasteiger partial charge < -0.3 is 101 Å². The van der Waals surface area contributed by atoms with Crippen LogP contribution in [-0.4, -0.2) is 133 Å². The molecular formula is C92H89N37O5. The molecule has 0 unspecified atom stereocenters. The zero-order valence-corrected chi connectivity index (χ0v) is 73.4. The summed E-state index contributed by atoms with van der Waals surface area (Å²) in [5.41, 5.74) is 47.1. The standard InChI is InChI=1S/C21H19N7O.C20H18N8O.C18H19N7O.C17H17N7O.C16H16N8O/c1-13-8-16(27-29-13)11-24-20-19-18(25-21(22)26-20)6-7-28(19)12-17-9-14-4-2-3-5-15(14)10-23-17;1-12-9-15(27-29-12)10-23-19-17-16(25-20(21)26-19)6-8-28(17)11-14-5-4-13-3-2-7-22-18(13)24-14;1-11-4-3-6-20-15(11)10-25-7-5-14-16(25)17(23-18(19)22-14)21-9-13-8-12(2)26-24-13;1-11-8-13(25-23-11)9-20-16-15-14(21-17(18)22-16)5-7-24(15)10-12-4-2-3-6-19-12;1-10-7-11(23-25-10)8-20-15-14-12(21-16(17)22-15)3-6-24(14)9-13-18-4-2-5-19-13/h2-10H,11-12H2,1H3,(H3,22,24,25,26);2-9H,10-11H2,1H3,(H3,21,23,25,26);3-8H,9-10H2,1-2H3,(H3,19,21,22,23);2-8H,9-10H2,1H3,(H3,18,20,21,22);2-7H,8-9H2,1H3,(H3,17,20,21,22). The van der Waals surface area contributed by atoms with Crippen molar-refractivity contribution >= 4 is 136 Å². The van der Waals surface area contributed by atoms with Crippen molar-refractivity contribution in [2.75, 3.05) is 55.3 Å². The Hall–Kier alpha value is -18.3. The smallest absolute Gasteiger partial charge is 0.222 e. The van der Waals surface area contributed by atoms with E-state index < -0.39 is 0 Å². The average molecular weight is 1790 g/mol. The lowest BCUT2D eigenvalue weighted by atomic mass is 10.1. The minimum atomic E-state index is 0.208. The highest BCUT2D eigenvalue weighted by Gasteiger charge is 2.21. The van der Waals surface area contributed by atoms with Gasteiger partial charge in [0.05, 0.1) is 122 Å². The van der Waals surface area contributed by atoms with E-state index in [0.29, 0.717) is 100 Å². The fourth-order valence-corrected chi connectivity index (χ4v) is 15.0. The van der Waals surface area contributed by atoms with Gasteiger partial charge in [0.1, 0.15) is 79.2 Å².